The fraction of sp³-hybridized carbons (Fsp3) is 0.200. The molecule has 0 atom stereocenters. The van der Waals surface area contributed by atoms with Gasteiger partial charge in [0.25, 0.3) is 5.56 Å². The number of thiazole rings is 1. The summed E-state index contributed by atoms with van der Waals surface area (Å²) < 4.78 is 15.0. The summed E-state index contributed by atoms with van der Waals surface area (Å²) in [6.45, 7) is 2.24. The van der Waals surface area contributed by atoms with Gasteiger partial charge in [-0.1, -0.05) is 12.1 Å². The van der Waals surface area contributed by atoms with Crippen LogP contribution in [-0.4, -0.2) is 15.9 Å². The van der Waals surface area contributed by atoms with Crippen LogP contribution in [0.25, 0.3) is 16.1 Å². The maximum Gasteiger partial charge on any atom is 0.266 e. The Labute approximate surface area is 124 Å². The Morgan fingerprint density at radius 3 is 2.95 bits per heavy atom. The molecule has 0 bridgehead atoms. The Balaban J connectivity index is 2.38. The average molecular weight is 303 g/mol. The van der Waals surface area contributed by atoms with E-state index in [1.165, 1.54) is 23.5 Å². The monoisotopic (exact) mass is 303 g/mol. The molecular weight excluding hydrogens is 289 g/mol. The van der Waals surface area contributed by atoms with Gasteiger partial charge in [-0.05, 0) is 31.2 Å². The molecule has 0 radical (unpaired) electrons. The number of hydrogen-bond acceptors (Lipinski definition) is 4. The van der Waals surface area contributed by atoms with Crippen LogP contribution in [0.5, 0.6) is 0 Å². The highest BCUT2D eigenvalue weighted by Gasteiger charge is 2.16. The van der Waals surface area contributed by atoms with E-state index in [2.05, 4.69) is 4.98 Å². The second-order valence-corrected chi connectivity index (χ2v) is 5.62. The first-order chi connectivity index (χ1) is 10.1. The smallest absolute Gasteiger partial charge is 0.266 e. The van der Waals surface area contributed by atoms with E-state index in [-0.39, 0.29) is 11.4 Å². The predicted octanol–water partition coefficient (Wildman–Crippen LogP) is 2.37. The van der Waals surface area contributed by atoms with E-state index < -0.39 is 0 Å². The lowest BCUT2D eigenvalue weighted by Crippen LogP contribution is -2.21. The van der Waals surface area contributed by atoms with Crippen LogP contribution in [0.2, 0.25) is 0 Å². The van der Waals surface area contributed by atoms with Gasteiger partial charge < -0.3 is 5.73 Å². The van der Waals surface area contributed by atoms with E-state index in [1.54, 1.807) is 16.5 Å². The van der Waals surface area contributed by atoms with Crippen molar-refractivity contribution in [3.05, 3.63) is 57.2 Å². The molecule has 108 valence electrons. The zero-order chi connectivity index (χ0) is 15.0. The summed E-state index contributed by atoms with van der Waals surface area (Å²) in [7, 11) is 0. The van der Waals surface area contributed by atoms with Gasteiger partial charge in [-0.15, -0.1) is 11.3 Å². The summed E-state index contributed by atoms with van der Waals surface area (Å²) >= 11 is 1.41. The van der Waals surface area contributed by atoms with E-state index in [0.717, 1.165) is 5.69 Å². The van der Waals surface area contributed by atoms with Crippen molar-refractivity contribution in [2.75, 3.05) is 6.54 Å². The Bertz CT molecular complexity index is 869. The van der Waals surface area contributed by atoms with Crippen molar-refractivity contribution in [3.8, 4) is 11.1 Å². The Morgan fingerprint density at radius 1 is 1.43 bits per heavy atom. The molecule has 0 aliphatic rings. The minimum Gasteiger partial charge on any atom is -0.330 e. The van der Waals surface area contributed by atoms with Gasteiger partial charge in [0, 0.05) is 17.5 Å². The molecule has 2 aromatic heterocycles. The SMILES string of the molecule is Cc1csc2nc(CCN)c(-c3cccc(F)c3)c(=O)n12. The van der Waals surface area contributed by atoms with Gasteiger partial charge in [0.05, 0.1) is 11.3 Å². The van der Waals surface area contributed by atoms with Gasteiger partial charge in [-0.25, -0.2) is 9.37 Å². The van der Waals surface area contributed by atoms with Crippen molar-refractivity contribution in [3.63, 3.8) is 0 Å². The second-order valence-electron chi connectivity index (χ2n) is 4.78. The van der Waals surface area contributed by atoms with Crippen molar-refractivity contribution in [2.45, 2.75) is 13.3 Å². The van der Waals surface area contributed by atoms with Gasteiger partial charge in [0.2, 0.25) is 0 Å². The third-order valence-corrected chi connectivity index (χ3v) is 4.25. The molecule has 6 heteroatoms. The molecule has 3 rings (SSSR count). The highest BCUT2D eigenvalue weighted by Crippen LogP contribution is 2.23. The number of fused-ring (bicyclic) bond motifs is 1. The van der Waals surface area contributed by atoms with Crippen LogP contribution in [0.15, 0.2) is 34.4 Å². The molecule has 0 unspecified atom stereocenters. The molecule has 0 fully saturated rings. The van der Waals surface area contributed by atoms with E-state index in [0.29, 0.717) is 34.7 Å². The molecule has 0 saturated heterocycles. The van der Waals surface area contributed by atoms with Crippen LogP contribution in [0.1, 0.15) is 11.4 Å². The molecule has 3 aromatic rings. The van der Waals surface area contributed by atoms with Gasteiger partial charge in [0.15, 0.2) is 4.96 Å². The molecule has 0 aliphatic heterocycles. The highest BCUT2D eigenvalue weighted by atomic mass is 32.1. The number of nitrogens with two attached hydrogens (primary N) is 1. The lowest BCUT2D eigenvalue weighted by atomic mass is 10.0. The quantitative estimate of drug-likeness (QED) is 0.808. The second kappa shape index (κ2) is 5.38. The van der Waals surface area contributed by atoms with Crippen molar-refractivity contribution in [2.24, 2.45) is 5.73 Å². The minimum absolute atomic E-state index is 0.173. The number of hydrogen-bond donors (Lipinski definition) is 1. The fourth-order valence-electron chi connectivity index (χ4n) is 2.38. The minimum atomic E-state index is -0.377. The molecule has 4 nitrogen and oxygen atoms in total. The highest BCUT2D eigenvalue weighted by molar-refractivity contribution is 7.15. The molecule has 0 amide bonds. The number of aromatic nitrogens is 2. The van der Waals surface area contributed by atoms with Crippen molar-refractivity contribution < 1.29 is 4.39 Å². The third kappa shape index (κ3) is 2.36. The lowest BCUT2D eigenvalue weighted by molar-refractivity contribution is 0.628. The van der Waals surface area contributed by atoms with Crippen LogP contribution in [0, 0.1) is 12.7 Å². The van der Waals surface area contributed by atoms with Gasteiger partial charge in [-0.2, -0.15) is 0 Å². The molecule has 2 heterocycles. The normalized spacial score (nSPS) is 11.2. The lowest BCUT2D eigenvalue weighted by Gasteiger charge is -2.09. The molecule has 0 saturated carbocycles. The standard InChI is InChI=1S/C15H14FN3OS/c1-9-8-21-15-18-12(5-6-17)13(14(20)19(9)15)10-3-2-4-11(16)7-10/h2-4,7-8H,5-6,17H2,1H3. The molecule has 2 N–H and O–H groups in total. The predicted molar refractivity (Wildman–Crippen MR) is 82.2 cm³/mol. The molecule has 21 heavy (non-hydrogen) atoms. The first-order valence-electron chi connectivity index (χ1n) is 6.57. The van der Waals surface area contributed by atoms with Crippen molar-refractivity contribution in [1.29, 1.82) is 0 Å². The van der Waals surface area contributed by atoms with Crippen LogP contribution in [-0.2, 0) is 6.42 Å². The first-order valence-corrected chi connectivity index (χ1v) is 7.45. The zero-order valence-electron chi connectivity index (χ0n) is 11.5. The first kappa shape index (κ1) is 13.9. The summed E-state index contributed by atoms with van der Waals surface area (Å²) in [4.78, 5) is 18.0. The van der Waals surface area contributed by atoms with E-state index in [4.69, 9.17) is 5.73 Å². The van der Waals surface area contributed by atoms with Crippen molar-refractivity contribution >= 4 is 16.3 Å². The summed E-state index contributed by atoms with van der Waals surface area (Å²) in [5.74, 6) is -0.377. The topological polar surface area (TPSA) is 60.4 Å². The van der Waals surface area contributed by atoms with E-state index in [9.17, 15) is 9.18 Å². The van der Waals surface area contributed by atoms with E-state index >= 15 is 0 Å². The summed E-state index contributed by atoms with van der Waals surface area (Å²) in [6.07, 6.45) is 0.481. The fourth-order valence-corrected chi connectivity index (χ4v) is 3.25. The van der Waals surface area contributed by atoms with Gasteiger partial charge in [0.1, 0.15) is 5.82 Å². The Morgan fingerprint density at radius 2 is 2.24 bits per heavy atom. The number of aryl methyl sites for hydroxylation is 1. The number of nitrogens with zero attached hydrogens (tertiary/aromatic N) is 2. The van der Waals surface area contributed by atoms with Crippen LogP contribution < -0.4 is 11.3 Å². The summed E-state index contributed by atoms with van der Waals surface area (Å²) in [5.41, 5.74) is 7.86. The van der Waals surface area contributed by atoms with Gasteiger partial charge in [-0.3, -0.25) is 9.20 Å². The summed E-state index contributed by atoms with van der Waals surface area (Å²) in [6, 6.07) is 6.01. The maximum absolute atomic E-state index is 13.5. The largest absolute Gasteiger partial charge is 0.330 e. The zero-order valence-corrected chi connectivity index (χ0v) is 12.3. The molecular formula is C15H14FN3OS. The van der Waals surface area contributed by atoms with Crippen LogP contribution in [0.3, 0.4) is 0 Å². The van der Waals surface area contributed by atoms with E-state index in [1.807, 2.05) is 12.3 Å². The number of benzene rings is 1. The third-order valence-electron chi connectivity index (χ3n) is 3.31. The van der Waals surface area contributed by atoms with Crippen molar-refractivity contribution in [1.82, 2.24) is 9.38 Å². The van der Waals surface area contributed by atoms with Crippen LogP contribution in [0.4, 0.5) is 4.39 Å². The average Bonchev–Trinajstić information content (AvgIpc) is 2.81. The number of rotatable bonds is 3. The summed E-state index contributed by atoms with van der Waals surface area (Å²) in [5, 5.41) is 1.88. The maximum atomic E-state index is 13.5. The number of halogens is 1. The molecule has 0 aliphatic carbocycles. The molecule has 1 aromatic carbocycles. The molecule has 0 spiro atoms. The Kier molecular flexibility index (Phi) is 3.57. The van der Waals surface area contributed by atoms with Crippen LogP contribution >= 0.6 is 11.3 Å². The Hall–Kier alpha value is -2.05. The van der Waals surface area contributed by atoms with Gasteiger partial charge >= 0.3 is 0 Å².